The molecular formula is C23H26O5. The Hall–Kier alpha value is -3.21. The molecule has 0 aliphatic carbocycles. The molecule has 5 heteroatoms. The maximum atomic E-state index is 11.0. The van der Waals surface area contributed by atoms with Crippen molar-refractivity contribution in [3.8, 4) is 17.2 Å². The van der Waals surface area contributed by atoms with Crippen LogP contribution in [-0.4, -0.2) is 25.3 Å². The Bertz CT molecular complexity index is 859. The largest absolute Gasteiger partial charge is 0.497 e. The molecule has 0 radical (unpaired) electrons. The minimum Gasteiger partial charge on any atom is -0.497 e. The van der Waals surface area contributed by atoms with Gasteiger partial charge < -0.3 is 19.3 Å². The van der Waals surface area contributed by atoms with Crippen LogP contribution >= 0.6 is 0 Å². The van der Waals surface area contributed by atoms with E-state index in [0.717, 1.165) is 23.0 Å². The van der Waals surface area contributed by atoms with E-state index in [1.807, 2.05) is 44.2 Å². The molecule has 0 fully saturated rings. The first-order chi connectivity index (χ1) is 13.4. The molecule has 0 atom stereocenters. The third-order valence-electron chi connectivity index (χ3n) is 4.13. The van der Waals surface area contributed by atoms with Gasteiger partial charge in [-0.05, 0) is 56.2 Å². The van der Waals surface area contributed by atoms with E-state index in [1.54, 1.807) is 20.3 Å². The Labute approximate surface area is 165 Å². The highest BCUT2D eigenvalue weighted by Crippen LogP contribution is 2.35. The zero-order valence-electron chi connectivity index (χ0n) is 16.7. The lowest BCUT2D eigenvalue weighted by atomic mass is 10.0. The number of carbonyl (C=O) groups is 1. The molecule has 2 aromatic rings. The van der Waals surface area contributed by atoms with Crippen LogP contribution in [0.4, 0.5) is 0 Å². The highest BCUT2D eigenvalue weighted by Gasteiger charge is 2.14. The average Bonchev–Trinajstić information content (AvgIpc) is 2.69. The van der Waals surface area contributed by atoms with Crippen LogP contribution in [0, 0.1) is 0 Å². The van der Waals surface area contributed by atoms with Gasteiger partial charge in [-0.25, -0.2) is 4.79 Å². The minimum absolute atomic E-state index is 0.340. The highest BCUT2D eigenvalue weighted by molar-refractivity contribution is 5.86. The Morgan fingerprint density at radius 2 is 1.75 bits per heavy atom. The van der Waals surface area contributed by atoms with Crippen molar-refractivity contribution in [3.63, 3.8) is 0 Å². The summed E-state index contributed by atoms with van der Waals surface area (Å²) in [6.07, 6.45) is 5.35. The normalized spacial score (nSPS) is 10.6. The van der Waals surface area contributed by atoms with Gasteiger partial charge in [0.05, 0.1) is 14.2 Å². The van der Waals surface area contributed by atoms with Gasteiger partial charge in [-0.2, -0.15) is 0 Å². The molecule has 5 nitrogen and oxygen atoms in total. The average molecular weight is 382 g/mol. The second-order valence-electron chi connectivity index (χ2n) is 6.46. The Kier molecular flexibility index (Phi) is 7.69. The number of methoxy groups -OCH3 is 2. The summed E-state index contributed by atoms with van der Waals surface area (Å²) in [6.45, 7) is 4.39. The fraction of sp³-hybridized carbons (Fsp3) is 0.261. The van der Waals surface area contributed by atoms with Gasteiger partial charge in [-0.15, -0.1) is 0 Å². The van der Waals surface area contributed by atoms with Crippen molar-refractivity contribution < 1.29 is 24.1 Å². The summed E-state index contributed by atoms with van der Waals surface area (Å²) < 4.78 is 16.8. The second-order valence-corrected chi connectivity index (χ2v) is 6.46. The summed E-state index contributed by atoms with van der Waals surface area (Å²) in [4.78, 5) is 11.0. The van der Waals surface area contributed by atoms with E-state index >= 15 is 0 Å². The van der Waals surface area contributed by atoms with Gasteiger partial charge >= 0.3 is 5.97 Å². The van der Waals surface area contributed by atoms with Gasteiger partial charge in [0, 0.05) is 17.2 Å². The Balaban J connectivity index is 2.41. The molecular weight excluding hydrogens is 356 g/mol. The van der Waals surface area contributed by atoms with Crippen LogP contribution in [0.15, 0.2) is 54.1 Å². The Morgan fingerprint density at radius 1 is 1.04 bits per heavy atom. The third kappa shape index (κ3) is 5.91. The lowest BCUT2D eigenvalue weighted by Crippen LogP contribution is -2.03. The summed E-state index contributed by atoms with van der Waals surface area (Å²) in [5.41, 5.74) is 3.72. The number of hydrogen-bond donors (Lipinski definition) is 1. The molecule has 1 N–H and O–H groups in total. The lowest BCUT2D eigenvalue weighted by molar-refractivity contribution is -0.131. The topological polar surface area (TPSA) is 65.0 Å². The number of rotatable bonds is 9. The van der Waals surface area contributed by atoms with Crippen molar-refractivity contribution in [2.45, 2.75) is 26.9 Å². The fourth-order valence-corrected chi connectivity index (χ4v) is 2.66. The number of hydrogen-bond acceptors (Lipinski definition) is 4. The number of carboxylic acid groups (broad SMARTS) is 1. The first-order valence-corrected chi connectivity index (χ1v) is 8.94. The summed E-state index contributed by atoms with van der Waals surface area (Å²) in [5, 5.41) is 9.00. The summed E-state index contributed by atoms with van der Waals surface area (Å²) >= 11 is 0. The third-order valence-corrected chi connectivity index (χ3v) is 4.13. The molecule has 0 spiro atoms. The van der Waals surface area contributed by atoms with Gasteiger partial charge in [0.1, 0.15) is 23.9 Å². The van der Waals surface area contributed by atoms with Gasteiger partial charge in [0.15, 0.2) is 0 Å². The number of ether oxygens (including phenoxy) is 3. The SMILES string of the molecule is COc1ccc(COc2c(/C=C/C(=O)O)ccc(OC)c2CC=C(C)C)cc1. The van der Waals surface area contributed by atoms with Crippen LogP contribution in [0.2, 0.25) is 0 Å². The summed E-state index contributed by atoms with van der Waals surface area (Å²) in [5.74, 6) is 1.09. The fourth-order valence-electron chi connectivity index (χ4n) is 2.66. The van der Waals surface area contributed by atoms with Crippen molar-refractivity contribution in [1.82, 2.24) is 0 Å². The zero-order chi connectivity index (χ0) is 20.5. The molecule has 0 aliphatic heterocycles. The predicted octanol–water partition coefficient (Wildman–Crippen LogP) is 4.89. The number of benzene rings is 2. The molecule has 0 saturated heterocycles. The van der Waals surface area contributed by atoms with E-state index in [9.17, 15) is 4.79 Å². The molecule has 0 aliphatic rings. The lowest BCUT2D eigenvalue weighted by Gasteiger charge is -2.17. The maximum absolute atomic E-state index is 11.0. The molecule has 0 saturated carbocycles. The minimum atomic E-state index is -1.01. The second kappa shape index (κ2) is 10.2. The molecule has 28 heavy (non-hydrogen) atoms. The van der Waals surface area contributed by atoms with Crippen LogP contribution in [0.5, 0.6) is 17.2 Å². The first-order valence-electron chi connectivity index (χ1n) is 8.94. The van der Waals surface area contributed by atoms with Crippen molar-refractivity contribution in [2.24, 2.45) is 0 Å². The zero-order valence-corrected chi connectivity index (χ0v) is 16.7. The van der Waals surface area contributed by atoms with Gasteiger partial charge in [-0.3, -0.25) is 0 Å². The van der Waals surface area contributed by atoms with Crippen molar-refractivity contribution in [3.05, 3.63) is 70.8 Å². The molecule has 0 amide bonds. The molecule has 2 rings (SSSR count). The van der Waals surface area contributed by atoms with E-state index in [4.69, 9.17) is 19.3 Å². The smallest absolute Gasteiger partial charge is 0.328 e. The van der Waals surface area contributed by atoms with E-state index in [1.165, 1.54) is 11.6 Å². The van der Waals surface area contributed by atoms with Gasteiger partial charge in [-0.1, -0.05) is 23.8 Å². The van der Waals surface area contributed by atoms with Gasteiger partial charge in [0.2, 0.25) is 0 Å². The summed E-state index contributed by atoms with van der Waals surface area (Å²) in [7, 11) is 3.24. The van der Waals surface area contributed by atoms with Crippen LogP contribution < -0.4 is 14.2 Å². The molecule has 2 aromatic carbocycles. The van der Waals surface area contributed by atoms with E-state index in [-0.39, 0.29) is 0 Å². The molecule has 0 aromatic heterocycles. The van der Waals surface area contributed by atoms with Gasteiger partial charge in [0.25, 0.3) is 0 Å². The summed E-state index contributed by atoms with van der Waals surface area (Å²) in [6, 6.07) is 11.2. The van der Waals surface area contributed by atoms with Crippen molar-refractivity contribution in [2.75, 3.05) is 14.2 Å². The number of allylic oxidation sites excluding steroid dienone is 2. The monoisotopic (exact) mass is 382 g/mol. The van der Waals surface area contributed by atoms with E-state index < -0.39 is 5.97 Å². The first kappa shape index (κ1) is 21.1. The van der Waals surface area contributed by atoms with Crippen molar-refractivity contribution >= 4 is 12.0 Å². The van der Waals surface area contributed by atoms with E-state index in [2.05, 4.69) is 6.08 Å². The quantitative estimate of drug-likeness (QED) is 0.494. The number of aliphatic carboxylic acids is 1. The van der Waals surface area contributed by atoms with Crippen molar-refractivity contribution in [1.29, 1.82) is 0 Å². The molecule has 0 heterocycles. The maximum Gasteiger partial charge on any atom is 0.328 e. The predicted molar refractivity (Wildman–Crippen MR) is 110 cm³/mol. The molecule has 0 bridgehead atoms. The molecule has 148 valence electrons. The highest BCUT2D eigenvalue weighted by atomic mass is 16.5. The van der Waals surface area contributed by atoms with Crippen LogP contribution in [0.25, 0.3) is 6.08 Å². The van der Waals surface area contributed by atoms with Crippen LogP contribution in [0.3, 0.4) is 0 Å². The van der Waals surface area contributed by atoms with Crippen LogP contribution in [-0.2, 0) is 17.8 Å². The number of carboxylic acids is 1. The Morgan fingerprint density at radius 3 is 2.32 bits per heavy atom. The standard InChI is InChI=1S/C23H26O5/c1-16(2)5-12-20-21(27-4)13-8-18(9-14-22(24)25)23(20)28-15-17-6-10-19(26-3)11-7-17/h5-11,13-14H,12,15H2,1-4H3,(H,24,25)/b14-9+. The van der Waals surface area contributed by atoms with Crippen LogP contribution in [0.1, 0.15) is 30.5 Å². The molecule has 0 unspecified atom stereocenters. The van der Waals surface area contributed by atoms with E-state index in [0.29, 0.717) is 30.1 Å².